The summed E-state index contributed by atoms with van der Waals surface area (Å²) in [6.07, 6.45) is 6.17. The van der Waals surface area contributed by atoms with Crippen LogP contribution < -0.4 is 5.32 Å². The van der Waals surface area contributed by atoms with E-state index in [4.69, 9.17) is 0 Å². The lowest BCUT2D eigenvalue weighted by Crippen LogP contribution is -2.50. The Bertz CT molecular complexity index is 669. The maximum absolute atomic E-state index is 4.34. The van der Waals surface area contributed by atoms with Crippen LogP contribution in [0.25, 0.3) is 5.65 Å². The molecular weight excluding hydrogens is 260 g/mol. The first-order chi connectivity index (χ1) is 10.0. The minimum absolute atomic E-state index is 0.382. The van der Waals surface area contributed by atoms with Gasteiger partial charge in [0.1, 0.15) is 0 Å². The quantitative estimate of drug-likeness (QED) is 0.942. The van der Waals surface area contributed by atoms with Crippen LogP contribution in [0.1, 0.15) is 45.9 Å². The predicted octanol–water partition coefficient (Wildman–Crippen LogP) is 3.03. The zero-order valence-corrected chi connectivity index (χ0v) is 13.1. The molecule has 2 heterocycles. The molecule has 2 aliphatic rings. The first-order valence-corrected chi connectivity index (χ1v) is 8.03. The summed E-state index contributed by atoms with van der Waals surface area (Å²) in [7, 11) is 0. The lowest BCUT2D eigenvalue weighted by molar-refractivity contribution is 0.107. The van der Waals surface area contributed by atoms with Gasteiger partial charge in [0.05, 0.1) is 6.54 Å². The lowest BCUT2D eigenvalue weighted by Gasteiger charge is -2.43. The fourth-order valence-electron chi connectivity index (χ4n) is 5.02. The van der Waals surface area contributed by atoms with Crippen molar-refractivity contribution >= 4 is 5.65 Å². The summed E-state index contributed by atoms with van der Waals surface area (Å²) in [5.41, 5.74) is 1.76. The van der Waals surface area contributed by atoms with Crippen molar-refractivity contribution in [1.82, 2.24) is 19.9 Å². The van der Waals surface area contributed by atoms with E-state index in [1.807, 2.05) is 24.4 Å². The monoisotopic (exact) mass is 284 g/mol. The molecule has 0 saturated heterocycles. The van der Waals surface area contributed by atoms with Gasteiger partial charge in [-0.15, -0.1) is 10.2 Å². The summed E-state index contributed by atoms with van der Waals surface area (Å²) < 4.78 is 2.08. The largest absolute Gasteiger partial charge is 0.306 e. The van der Waals surface area contributed by atoms with Gasteiger partial charge in [-0.05, 0) is 48.1 Å². The molecular formula is C17H24N4. The van der Waals surface area contributed by atoms with Crippen molar-refractivity contribution in [3.05, 3.63) is 30.2 Å². The van der Waals surface area contributed by atoms with E-state index < -0.39 is 0 Å². The number of aromatic nitrogens is 3. The summed E-state index contributed by atoms with van der Waals surface area (Å²) in [6, 6.07) is 6.60. The first kappa shape index (κ1) is 13.3. The molecule has 112 valence electrons. The average Bonchev–Trinajstić information content (AvgIpc) is 3.08. The third-order valence-electron chi connectivity index (χ3n) is 6.12. The highest BCUT2D eigenvalue weighted by atomic mass is 15.3. The van der Waals surface area contributed by atoms with Gasteiger partial charge < -0.3 is 5.32 Å². The SMILES string of the molecule is CC1(C)C(NCc2nnc3ccccn23)[C@]2(C)CC[C@H]1C2. The average molecular weight is 284 g/mol. The molecule has 0 spiro atoms. The highest BCUT2D eigenvalue weighted by Gasteiger charge is 2.58. The second-order valence-corrected chi connectivity index (χ2v) is 7.77. The number of pyridine rings is 1. The Morgan fingerprint density at radius 1 is 1.29 bits per heavy atom. The number of nitrogens with one attached hydrogen (secondary N) is 1. The van der Waals surface area contributed by atoms with Crippen molar-refractivity contribution in [3.8, 4) is 0 Å². The van der Waals surface area contributed by atoms with Gasteiger partial charge in [0.15, 0.2) is 11.5 Å². The molecule has 0 radical (unpaired) electrons. The fraction of sp³-hybridized carbons (Fsp3) is 0.647. The fourth-order valence-corrected chi connectivity index (χ4v) is 5.02. The van der Waals surface area contributed by atoms with E-state index in [-0.39, 0.29) is 0 Å². The molecule has 0 aliphatic heterocycles. The topological polar surface area (TPSA) is 42.2 Å². The zero-order chi connectivity index (χ0) is 14.7. The molecule has 1 unspecified atom stereocenters. The van der Waals surface area contributed by atoms with Gasteiger partial charge in [0, 0.05) is 12.2 Å². The van der Waals surface area contributed by atoms with E-state index in [0.717, 1.165) is 23.9 Å². The Morgan fingerprint density at radius 2 is 2.14 bits per heavy atom. The molecule has 2 aromatic heterocycles. The van der Waals surface area contributed by atoms with Crippen molar-refractivity contribution in [3.63, 3.8) is 0 Å². The maximum atomic E-state index is 4.34. The summed E-state index contributed by atoms with van der Waals surface area (Å²) in [5, 5.41) is 12.4. The third kappa shape index (κ3) is 1.85. The molecule has 3 atom stereocenters. The van der Waals surface area contributed by atoms with Gasteiger partial charge in [-0.25, -0.2) is 0 Å². The summed E-state index contributed by atoms with van der Waals surface area (Å²) in [5.74, 6) is 1.88. The van der Waals surface area contributed by atoms with Crippen LogP contribution in [0.2, 0.25) is 0 Å². The Kier molecular flexibility index (Phi) is 2.71. The molecule has 0 amide bonds. The van der Waals surface area contributed by atoms with Gasteiger partial charge in [-0.2, -0.15) is 0 Å². The van der Waals surface area contributed by atoms with E-state index in [1.165, 1.54) is 19.3 Å². The maximum Gasteiger partial charge on any atom is 0.160 e. The van der Waals surface area contributed by atoms with Gasteiger partial charge in [-0.1, -0.05) is 26.8 Å². The number of fused-ring (bicyclic) bond motifs is 3. The number of rotatable bonds is 3. The molecule has 4 heteroatoms. The van der Waals surface area contributed by atoms with Crippen LogP contribution in [0.3, 0.4) is 0 Å². The Morgan fingerprint density at radius 3 is 2.90 bits per heavy atom. The molecule has 4 nitrogen and oxygen atoms in total. The molecule has 2 aromatic rings. The molecule has 2 bridgehead atoms. The van der Waals surface area contributed by atoms with Gasteiger partial charge in [0.25, 0.3) is 0 Å². The van der Waals surface area contributed by atoms with Crippen LogP contribution in [0.4, 0.5) is 0 Å². The van der Waals surface area contributed by atoms with E-state index in [9.17, 15) is 0 Å². The van der Waals surface area contributed by atoms with Crippen molar-refractivity contribution in [1.29, 1.82) is 0 Å². The second kappa shape index (κ2) is 4.29. The summed E-state index contributed by atoms with van der Waals surface area (Å²) in [6.45, 7) is 8.12. The molecule has 2 aliphatic carbocycles. The highest BCUT2D eigenvalue weighted by molar-refractivity contribution is 5.37. The van der Waals surface area contributed by atoms with Crippen molar-refractivity contribution in [2.24, 2.45) is 16.7 Å². The smallest absolute Gasteiger partial charge is 0.160 e. The Hall–Kier alpha value is -1.42. The van der Waals surface area contributed by atoms with E-state index in [1.54, 1.807) is 0 Å². The van der Waals surface area contributed by atoms with Crippen LogP contribution in [0, 0.1) is 16.7 Å². The van der Waals surface area contributed by atoms with E-state index >= 15 is 0 Å². The molecule has 1 N–H and O–H groups in total. The zero-order valence-electron chi connectivity index (χ0n) is 13.1. The van der Waals surface area contributed by atoms with Crippen LogP contribution in [-0.4, -0.2) is 20.6 Å². The number of hydrogen-bond donors (Lipinski definition) is 1. The standard InChI is InChI=1S/C17H24N4/c1-16(2)12-7-8-17(3,10-12)15(16)18-11-14-20-19-13-6-4-5-9-21(13)14/h4-6,9,12,15,18H,7-8,10-11H2,1-3H3/t12-,15?,17+/m0/s1. The molecule has 4 rings (SSSR count). The van der Waals surface area contributed by atoms with E-state index in [2.05, 4.69) is 40.7 Å². The van der Waals surface area contributed by atoms with Gasteiger partial charge in [-0.3, -0.25) is 4.40 Å². The molecule has 2 fully saturated rings. The minimum Gasteiger partial charge on any atom is -0.306 e. The Balaban J connectivity index is 1.57. The molecule has 21 heavy (non-hydrogen) atoms. The van der Waals surface area contributed by atoms with Crippen LogP contribution in [0.15, 0.2) is 24.4 Å². The van der Waals surface area contributed by atoms with Crippen LogP contribution in [0.5, 0.6) is 0 Å². The molecule has 0 aromatic carbocycles. The van der Waals surface area contributed by atoms with Crippen molar-refractivity contribution in [2.75, 3.05) is 0 Å². The number of nitrogens with zero attached hydrogens (tertiary/aromatic N) is 3. The van der Waals surface area contributed by atoms with Crippen LogP contribution in [-0.2, 0) is 6.54 Å². The summed E-state index contributed by atoms with van der Waals surface area (Å²) >= 11 is 0. The van der Waals surface area contributed by atoms with Gasteiger partial charge >= 0.3 is 0 Å². The summed E-state index contributed by atoms with van der Waals surface area (Å²) in [4.78, 5) is 0. The van der Waals surface area contributed by atoms with E-state index in [0.29, 0.717) is 16.9 Å². The van der Waals surface area contributed by atoms with Crippen LogP contribution >= 0.6 is 0 Å². The van der Waals surface area contributed by atoms with Gasteiger partial charge in [0.2, 0.25) is 0 Å². The third-order valence-corrected chi connectivity index (χ3v) is 6.12. The Labute approximate surface area is 126 Å². The second-order valence-electron chi connectivity index (χ2n) is 7.77. The number of hydrogen-bond acceptors (Lipinski definition) is 3. The first-order valence-electron chi connectivity index (χ1n) is 8.03. The predicted molar refractivity (Wildman–Crippen MR) is 82.8 cm³/mol. The normalized spacial score (nSPS) is 33.9. The van der Waals surface area contributed by atoms with Crippen molar-refractivity contribution < 1.29 is 0 Å². The van der Waals surface area contributed by atoms with Crippen molar-refractivity contribution in [2.45, 2.75) is 52.6 Å². The molecule has 2 saturated carbocycles. The minimum atomic E-state index is 0.382. The highest BCUT2D eigenvalue weighted by Crippen LogP contribution is 2.62. The lowest BCUT2D eigenvalue weighted by atomic mass is 9.68.